The second kappa shape index (κ2) is 8.82. The van der Waals surface area contributed by atoms with Gasteiger partial charge in [0.1, 0.15) is 11.1 Å². The zero-order valence-corrected chi connectivity index (χ0v) is 16.1. The number of carbonyl (C=O) groups excluding carboxylic acids is 1. The van der Waals surface area contributed by atoms with Gasteiger partial charge in [0.25, 0.3) is 5.91 Å². The molecule has 0 saturated heterocycles. The fourth-order valence-electron chi connectivity index (χ4n) is 4.13. The first-order valence-electron chi connectivity index (χ1n) is 9.85. The van der Waals surface area contributed by atoms with E-state index in [1.807, 2.05) is 0 Å². The highest BCUT2D eigenvalue weighted by atomic mass is 32.1. The van der Waals surface area contributed by atoms with Crippen molar-refractivity contribution in [3.63, 3.8) is 0 Å². The van der Waals surface area contributed by atoms with Crippen LogP contribution in [-0.4, -0.2) is 18.5 Å². The molecule has 25 heavy (non-hydrogen) atoms. The fraction of sp³-hybridized carbons (Fsp3) is 0.700. The average Bonchev–Trinajstić information content (AvgIpc) is 2.89. The number of rotatable bonds is 4. The van der Waals surface area contributed by atoms with Crippen LogP contribution >= 0.6 is 11.3 Å². The predicted octanol–water partition coefficient (Wildman–Crippen LogP) is 3.36. The number of amides is 1. The van der Waals surface area contributed by atoms with Gasteiger partial charge in [0.15, 0.2) is 6.54 Å². The van der Waals surface area contributed by atoms with Crippen LogP contribution < -0.4 is 10.6 Å². The molecule has 136 valence electrons. The number of hydrogen-bond acceptors (Lipinski definition) is 3. The Hall–Kier alpha value is -1.38. The topological polar surface area (TPSA) is 69.5 Å². The third-order valence-corrected chi connectivity index (χ3v) is 6.83. The van der Waals surface area contributed by atoms with E-state index in [0.717, 1.165) is 24.3 Å². The van der Waals surface area contributed by atoms with E-state index in [9.17, 15) is 10.1 Å². The molecule has 0 aliphatic heterocycles. The lowest BCUT2D eigenvalue weighted by atomic mass is 9.89. The van der Waals surface area contributed by atoms with Crippen LogP contribution in [0.15, 0.2) is 0 Å². The number of quaternary nitrogens is 1. The van der Waals surface area contributed by atoms with Crippen LogP contribution in [0.2, 0.25) is 0 Å². The monoisotopic (exact) mass is 360 g/mol. The van der Waals surface area contributed by atoms with Gasteiger partial charge in [-0.15, -0.1) is 11.3 Å². The third-order valence-electron chi connectivity index (χ3n) is 5.66. The van der Waals surface area contributed by atoms with Crippen molar-refractivity contribution in [3.05, 3.63) is 16.0 Å². The van der Waals surface area contributed by atoms with Crippen molar-refractivity contribution in [2.24, 2.45) is 5.92 Å². The summed E-state index contributed by atoms with van der Waals surface area (Å²) >= 11 is 1.62. The van der Waals surface area contributed by atoms with Gasteiger partial charge in [0, 0.05) is 4.88 Å². The zero-order chi connectivity index (χ0) is 17.6. The smallest absolute Gasteiger partial charge is 0.280 e. The summed E-state index contributed by atoms with van der Waals surface area (Å²) in [6, 6.07) is 2.91. The minimum Gasteiger partial charge on any atom is -0.336 e. The number of hydrogen-bond donors (Lipinski definition) is 2. The Kier molecular flexibility index (Phi) is 6.50. The van der Waals surface area contributed by atoms with Crippen LogP contribution in [-0.2, 0) is 17.6 Å². The summed E-state index contributed by atoms with van der Waals surface area (Å²) in [6.45, 7) is 2.73. The maximum absolute atomic E-state index is 12.4. The van der Waals surface area contributed by atoms with Gasteiger partial charge in [-0.3, -0.25) is 4.79 Å². The highest BCUT2D eigenvalue weighted by molar-refractivity contribution is 7.16. The second-order valence-corrected chi connectivity index (χ2v) is 8.87. The summed E-state index contributed by atoms with van der Waals surface area (Å²) in [5.74, 6) is 0.708. The van der Waals surface area contributed by atoms with Gasteiger partial charge in [-0.25, -0.2) is 0 Å². The lowest BCUT2D eigenvalue weighted by Gasteiger charge is -2.17. The Morgan fingerprint density at radius 2 is 1.96 bits per heavy atom. The molecule has 0 aromatic carbocycles. The Morgan fingerprint density at radius 1 is 1.24 bits per heavy atom. The van der Waals surface area contributed by atoms with Crippen molar-refractivity contribution in [2.45, 2.75) is 77.2 Å². The molecule has 1 atom stereocenters. The van der Waals surface area contributed by atoms with Gasteiger partial charge in [0.05, 0.1) is 11.6 Å². The number of nitrogens with zero attached hydrogens (tertiary/aromatic N) is 1. The van der Waals surface area contributed by atoms with E-state index in [-0.39, 0.29) is 5.91 Å². The van der Waals surface area contributed by atoms with Crippen LogP contribution in [0, 0.1) is 17.2 Å². The Morgan fingerprint density at radius 3 is 2.68 bits per heavy atom. The maximum Gasteiger partial charge on any atom is 0.280 e. The zero-order valence-electron chi connectivity index (χ0n) is 15.3. The van der Waals surface area contributed by atoms with E-state index in [0.29, 0.717) is 24.1 Å². The fourth-order valence-corrected chi connectivity index (χ4v) is 5.51. The molecule has 0 spiro atoms. The first-order chi connectivity index (χ1) is 12.2. The minimum atomic E-state index is 0.0326. The van der Waals surface area contributed by atoms with Gasteiger partial charge >= 0.3 is 0 Å². The SMILES string of the molecule is C[C@H]1CCc2c(sc(NC(=O)C[NH2+]C3CCCCCCC3)c2C#N)C1. The van der Waals surface area contributed by atoms with Crippen molar-refractivity contribution in [1.29, 1.82) is 5.26 Å². The van der Waals surface area contributed by atoms with Gasteiger partial charge < -0.3 is 10.6 Å². The van der Waals surface area contributed by atoms with Crippen LogP contribution in [0.3, 0.4) is 0 Å². The largest absolute Gasteiger partial charge is 0.336 e. The molecule has 1 fully saturated rings. The molecule has 0 unspecified atom stereocenters. The highest BCUT2D eigenvalue weighted by Crippen LogP contribution is 2.39. The van der Waals surface area contributed by atoms with Gasteiger partial charge in [-0.05, 0) is 56.4 Å². The van der Waals surface area contributed by atoms with E-state index in [1.54, 1.807) is 11.3 Å². The van der Waals surface area contributed by atoms with Crippen LogP contribution in [0.4, 0.5) is 5.00 Å². The minimum absolute atomic E-state index is 0.0326. The summed E-state index contributed by atoms with van der Waals surface area (Å²) in [6.07, 6.45) is 12.2. The molecule has 1 aromatic rings. The third kappa shape index (κ3) is 4.83. The Balaban J connectivity index is 1.57. The molecule has 3 N–H and O–H groups in total. The lowest BCUT2D eigenvalue weighted by molar-refractivity contribution is -0.680. The van der Waals surface area contributed by atoms with Gasteiger partial charge in [-0.1, -0.05) is 26.2 Å². The molecule has 5 heteroatoms. The van der Waals surface area contributed by atoms with Crippen LogP contribution in [0.25, 0.3) is 0 Å². The molecule has 3 rings (SSSR count). The first-order valence-corrected chi connectivity index (χ1v) is 10.7. The van der Waals surface area contributed by atoms with Crippen molar-refractivity contribution in [3.8, 4) is 6.07 Å². The second-order valence-electron chi connectivity index (χ2n) is 7.76. The maximum atomic E-state index is 12.4. The number of nitriles is 1. The summed E-state index contributed by atoms with van der Waals surface area (Å²) in [5.41, 5.74) is 1.90. The predicted molar refractivity (Wildman–Crippen MR) is 102 cm³/mol. The van der Waals surface area contributed by atoms with Gasteiger partial charge in [0.2, 0.25) is 0 Å². The van der Waals surface area contributed by atoms with E-state index < -0.39 is 0 Å². The Labute approximate surface area is 155 Å². The number of anilines is 1. The van der Waals surface area contributed by atoms with E-state index >= 15 is 0 Å². The Bertz CT molecular complexity index is 638. The number of thiophene rings is 1. The van der Waals surface area contributed by atoms with Crippen LogP contribution in [0.1, 0.15) is 74.3 Å². The van der Waals surface area contributed by atoms with Crippen LogP contribution in [0.5, 0.6) is 0 Å². The highest BCUT2D eigenvalue weighted by Gasteiger charge is 2.25. The van der Waals surface area contributed by atoms with Crippen molar-refractivity contribution < 1.29 is 10.1 Å². The quantitative estimate of drug-likeness (QED) is 0.864. The number of fused-ring (bicyclic) bond motifs is 1. The molecular formula is C20H30N3OS+. The average molecular weight is 361 g/mol. The van der Waals surface area contributed by atoms with Crippen molar-refractivity contribution >= 4 is 22.2 Å². The van der Waals surface area contributed by atoms with Crippen molar-refractivity contribution in [2.75, 3.05) is 11.9 Å². The molecule has 1 amide bonds. The number of nitrogens with two attached hydrogens (primary N) is 1. The molecule has 2 aliphatic rings. The molecule has 4 nitrogen and oxygen atoms in total. The number of nitrogens with one attached hydrogen (secondary N) is 1. The molecule has 1 saturated carbocycles. The molecule has 2 aliphatic carbocycles. The molecule has 1 aromatic heterocycles. The summed E-state index contributed by atoms with van der Waals surface area (Å²) < 4.78 is 0. The standard InChI is InChI=1S/C20H29N3OS/c1-14-9-10-16-17(12-21)20(25-18(16)11-14)23-19(24)13-22-15-7-5-3-2-4-6-8-15/h14-15,22H,2-11,13H2,1H3,(H,23,24)/p+1/t14-/m0/s1. The van der Waals surface area contributed by atoms with E-state index in [1.165, 1.54) is 55.4 Å². The molecule has 0 bridgehead atoms. The summed E-state index contributed by atoms with van der Waals surface area (Å²) in [4.78, 5) is 13.7. The summed E-state index contributed by atoms with van der Waals surface area (Å²) in [7, 11) is 0. The van der Waals surface area contributed by atoms with Gasteiger partial charge in [-0.2, -0.15) is 5.26 Å². The van der Waals surface area contributed by atoms with E-state index in [2.05, 4.69) is 23.6 Å². The number of carbonyl (C=O) groups is 1. The van der Waals surface area contributed by atoms with E-state index in [4.69, 9.17) is 0 Å². The first kappa shape index (κ1) is 18.4. The lowest BCUT2D eigenvalue weighted by Crippen LogP contribution is -2.91. The molecular weight excluding hydrogens is 330 g/mol. The summed E-state index contributed by atoms with van der Waals surface area (Å²) in [5, 5.41) is 15.5. The molecule has 1 heterocycles. The van der Waals surface area contributed by atoms with Crippen molar-refractivity contribution in [1.82, 2.24) is 0 Å². The normalized spacial score (nSPS) is 21.7. The molecule has 0 radical (unpaired) electrons.